The number of nitrogen functional groups attached to an aromatic ring is 1. The lowest BCUT2D eigenvalue weighted by atomic mass is 10.2. The van der Waals surface area contributed by atoms with Crippen molar-refractivity contribution in [1.82, 2.24) is 39.5 Å². The lowest BCUT2D eigenvalue weighted by Crippen LogP contribution is -2.08. The molecule has 3 N–H and O–H groups in total. The molecule has 4 heterocycles. The molecule has 0 aliphatic carbocycles. The van der Waals surface area contributed by atoms with Crippen LogP contribution >= 0.6 is 0 Å². The van der Waals surface area contributed by atoms with Gasteiger partial charge in [0.1, 0.15) is 23.0 Å². The molecule has 0 spiro atoms. The van der Waals surface area contributed by atoms with Gasteiger partial charge in [-0.15, -0.1) is 0 Å². The Hall–Kier alpha value is -8.61. The lowest BCUT2D eigenvalue weighted by Gasteiger charge is -2.11. The van der Waals surface area contributed by atoms with Gasteiger partial charge in [0.05, 0.1) is 73.1 Å². The number of nitrogens with two attached hydrogens (primary N) is 1. The number of sulfone groups is 1. The van der Waals surface area contributed by atoms with Gasteiger partial charge in [-0.3, -0.25) is 20.2 Å². The maximum atomic E-state index is 13.9. The quantitative estimate of drug-likeness (QED) is 0.0634. The third-order valence-corrected chi connectivity index (χ3v) is 9.64. The zero-order valence-electron chi connectivity index (χ0n) is 34.0. The van der Waals surface area contributed by atoms with Gasteiger partial charge < -0.3 is 30.0 Å². The third kappa shape index (κ3) is 9.94. The van der Waals surface area contributed by atoms with Crippen LogP contribution in [0, 0.1) is 31.9 Å². The molecular weight excluding hydrogens is 867 g/mol. The zero-order chi connectivity index (χ0) is 46.3. The van der Waals surface area contributed by atoms with Crippen LogP contribution in [0.15, 0.2) is 103 Å². The number of fused-ring (bicyclic) bond motifs is 2. The summed E-state index contributed by atoms with van der Waals surface area (Å²) in [6.45, 7) is 0. The smallest absolute Gasteiger partial charge is 0.307 e. The molecule has 8 aromatic rings. The van der Waals surface area contributed by atoms with Crippen LogP contribution in [0.5, 0.6) is 23.0 Å². The monoisotopic (exact) mass is 900 g/mol. The Bertz CT molecular complexity index is 3150. The fourth-order valence-corrected chi connectivity index (χ4v) is 6.26. The van der Waals surface area contributed by atoms with E-state index in [4.69, 9.17) is 19.9 Å². The molecule has 0 atom stereocenters. The minimum absolute atomic E-state index is 0.0376. The van der Waals surface area contributed by atoms with Crippen LogP contribution in [-0.4, -0.2) is 92.5 Å². The third-order valence-electron chi connectivity index (χ3n) is 8.78. The van der Waals surface area contributed by atoms with E-state index in [1.807, 2.05) is 30.3 Å². The van der Waals surface area contributed by atoms with Crippen LogP contribution in [0.2, 0.25) is 0 Å². The fraction of sp³-hybridized carbons (Fsp3) is 0.128. The van der Waals surface area contributed by atoms with E-state index in [1.54, 1.807) is 54.2 Å². The Morgan fingerprint density at radius 2 is 1.17 bits per heavy atom. The van der Waals surface area contributed by atoms with Gasteiger partial charge in [-0.2, -0.15) is 28.9 Å². The Labute approximate surface area is 360 Å². The SMILES string of the molecule is COc1cc(F)c([N+](=O)[O-])cc1N.COc1ccc2c(cnn2-c2ccnc(Nc3cc([N+](=O)[O-])c(F)cc3OC)n2)c1.COc1ccc2c(cnn2-c2ccnc(S(C)(=O)=O)n2)c1. The predicted molar refractivity (Wildman–Crippen MR) is 226 cm³/mol. The van der Waals surface area contributed by atoms with Gasteiger partial charge in [0, 0.05) is 65.8 Å². The van der Waals surface area contributed by atoms with Crippen molar-refractivity contribution in [2.24, 2.45) is 0 Å². The van der Waals surface area contributed by atoms with Crippen molar-refractivity contribution in [2.75, 3.05) is 45.7 Å². The van der Waals surface area contributed by atoms with Crippen molar-refractivity contribution in [1.29, 1.82) is 0 Å². The average Bonchev–Trinajstić information content (AvgIpc) is 3.91. The largest absolute Gasteiger partial charge is 0.497 e. The second-order valence-corrected chi connectivity index (χ2v) is 14.8. The summed E-state index contributed by atoms with van der Waals surface area (Å²) < 4.78 is 73.1. The number of nitrogens with one attached hydrogen (secondary N) is 1. The van der Waals surface area contributed by atoms with Crippen molar-refractivity contribution in [3.05, 3.63) is 129 Å². The molecule has 25 heteroatoms. The molecule has 330 valence electrons. The van der Waals surface area contributed by atoms with E-state index < -0.39 is 42.7 Å². The Morgan fingerprint density at radius 3 is 1.67 bits per heavy atom. The van der Waals surface area contributed by atoms with Crippen molar-refractivity contribution in [3.8, 4) is 34.6 Å². The van der Waals surface area contributed by atoms with Gasteiger partial charge in [0.25, 0.3) is 0 Å². The van der Waals surface area contributed by atoms with Gasteiger partial charge in [-0.1, -0.05) is 0 Å². The van der Waals surface area contributed by atoms with Gasteiger partial charge in [-0.25, -0.2) is 27.7 Å². The van der Waals surface area contributed by atoms with Crippen LogP contribution < -0.4 is 30.0 Å². The standard InChI is InChI=1S/C19H15FN6O4.C13H12N4O3S.C7H7FN2O3/c1-29-12-3-4-15-11(7-12)10-22-25(15)18-5-6-21-19(24-18)23-14-9-16(26(27)28)13(20)8-17(14)30-2;1-20-10-3-4-11-9(7-10)8-15-17(11)12-5-6-14-13(16-12)21(2,18)19;1-13-7-2-4(8)6(10(11)12)3-5(7)9/h3-10H,1-2H3,(H,21,23,24);3-8H,1-2H3;2-3H,9H2,1H3. The molecule has 4 aromatic heterocycles. The molecule has 22 nitrogen and oxygen atoms in total. The lowest BCUT2D eigenvalue weighted by molar-refractivity contribution is -0.387. The van der Waals surface area contributed by atoms with E-state index in [9.17, 15) is 37.4 Å². The van der Waals surface area contributed by atoms with E-state index in [-0.39, 0.29) is 34.0 Å². The molecule has 0 fully saturated rings. The number of aromatic nitrogens is 8. The van der Waals surface area contributed by atoms with Crippen LogP contribution in [0.1, 0.15) is 0 Å². The summed E-state index contributed by atoms with van der Waals surface area (Å²) in [6, 6.07) is 18.0. The molecule has 4 aromatic carbocycles. The topological polar surface area (TPSA) is 283 Å². The molecule has 0 radical (unpaired) electrons. The van der Waals surface area contributed by atoms with Gasteiger partial charge in [0.15, 0.2) is 11.6 Å². The Balaban J connectivity index is 0.000000174. The summed E-state index contributed by atoms with van der Waals surface area (Å²) in [7, 11) is 2.34. The van der Waals surface area contributed by atoms with E-state index >= 15 is 0 Å². The maximum Gasteiger partial charge on any atom is 0.307 e. The highest BCUT2D eigenvalue weighted by atomic mass is 32.2. The number of benzene rings is 4. The number of anilines is 3. The second kappa shape index (κ2) is 19.0. The van der Waals surface area contributed by atoms with E-state index in [2.05, 4.69) is 40.2 Å². The first-order chi connectivity index (χ1) is 30.5. The Kier molecular flexibility index (Phi) is 13.3. The first-order valence-corrected chi connectivity index (χ1v) is 19.9. The minimum atomic E-state index is -3.46. The van der Waals surface area contributed by atoms with Gasteiger partial charge in [0.2, 0.25) is 32.6 Å². The molecule has 0 aliphatic heterocycles. The number of hydrogen-bond donors (Lipinski definition) is 2. The van der Waals surface area contributed by atoms with Gasteiger partial charge >= 0.3 is 11.4 Å². The molecule has 64 heavy (non-hydrogen) atoms. The van der Waals surface area contributed by atoms with E-state index in [1.165, 1.54) is 26.6 Å². The van der Waals surface area contributed by atoms with Crippen LogP contribution in [0.4, 0.5) is 37.5 Å². The van der Waals surface area contributed by atoms with Crippen LogP contribution in [0.3, 0.4) is 0 Å². The molecule has 0 aliphatic rings. The summed E-state index contributed by atoms with van der Waals surface area (Å²) in [5.41, 5.74) is 5.78. The summed E-state index contributed by atoms with van der Waals surface area (Å²) in [5, 5.41) is 34.2. The first-order valence-electron chi connectivity index (χ1n) is 18.0. The number of ether oxygens (including phenoxy) is 4. The van der Waals surface area contributed by atoms with Crippen molar-refractivity contribution < 1.29 is 46.0 Å². The number of halogens is 2. The van der Waals surface area contributed by atoms with Crippen LogP contribution in [0.25, 0.3) is 33.4 Å². The second-order valence-electron chi connectivity index (χ2n) is 12.9. The molecule has 0 bridgehead atoms. The number of nitrogens with zero attached hydrogens (tertiary/aromatic N) is 10. The highest BCUT2D eigenvalue weighted by molar-refractivity contribution is 7.90. The molecule has 0 saturated heterocycles. The van der Waals surface area contributed by atoms with Gasteiger partial charge in [-0.05, 0) is 36.4 Å². The number of hydrogen-bond acceptors (Lipinski definition) is 18. The summed E-state index contributed by atoms with van der Waals surface area (Å²) in [4.78, 5) is 36.0. The fourth-order valence-electron chi connectivity index (χ4n) is 5.74. The zero-order valence-corrected chi connectivity index (χ0v) is 34.9. The molecule has 0 amide bonds. The van der Waals surface area contributed by atoms with E-state index in [0.717, 1.165) is 58.1 Å². The minimum Gasteiger partial charge on any atom is -0.497 e. The normalized spacial score (nSPS) is 10.9. The molecule has 0 unspecified atom stereocenters. The highest BCUT2D eigenvalue weighted by Crippen LogP contribution is 2.34. The first kappa shape index (κ1) is 44.9. The maximum absolute atomic E-state index is 13.9. The average molecular weight is 901 g/mol. The number of rotatable bonds is 11. The van der Waals surface area contributed by atoms with Crippen molar-refractivity contribution >= 4 is 60.3 Å². The van der Waals surface area contributed by atoms with E-state index in [0.29, 0.717) is 17.4 Å². The van der Waals surface area contributed by atoms with Crippen molar-refractivity contribution in [3.63, 3.8) is 0 Å². The Morgan fingerprint density at radius 1 is 0.672 bits per heavy atom. The number of nitro groups is 2. The van der Waals surface area contributed by atoms with Crippen LogP contribution in [-0.2, 0) is 9.84 Å². The molecule has 0 saturated carbocycles. The summed E-state index contributed by atoms with van der Waals surface area (Å²) >= 11 is 0. The summed E-state index contributed by atoms with van der Waals surface area (Å²) in [5.74, 6) is 0.606. The summed E-state index contributed by atoms with van der Waals surface area (Å²) in [6.07, 6.45) is 7.32. The molecule has 8 rings (SSSR count). The number of nitro benzene ring substituents is 2. The van der Waals surface area contributed by atoms with Crippen molar-refractivity contribution in [2.45, 2.75) is 5.16 Å². The number of methoxy groups -OCH3 is 4. The molecular formula is C39H34F2N12O10S. The predicted octanol–water partition coefficient (Wildman–Crippen LogP) is 6.18. The highest BCUT2D eigenvalue weighted by Gasteiger charge is 2.21.